The van der Waals surface area contributed by atoms with E-state index in [-0.39, 0.29) is 11.8 Å². The quantitative estimate of drug-likeness (QED) is 0.749. The van der Waals surface area contributed by atoms with E-state index >= 15 is 0 Å². The van der Waals surface area contributed by atoms with Crippen molar-refractivity contribution in [1.82, 2.24) is 15.5 Å². The summed E-state index contributed by atoms with van der Waals surface area (Å²) < 4.78 is 13.3. The van der Waals surface area contributed by atoms with E-state index < -0.39 is 0 Å². The highest BCUT2D eigenvalue weighted by Gasteiger charge is 2.17. The first kappa shape index (κ1) is 11.9. The minimum absolute atomic E-state index is 0.0160. The molecule has 4 nitrogen and oxygen atoms in total. The van der Waals surface area contributed by atoms with Crippen molar-refractivity contribution in [2.24, 2.45) is 0 Å². The maximum Gasteiger partial charge on any atom is 0.317 e. The van der Waals surface area contributed by atoms with Gasteiger partial charge >= 0.3 is 6.03 Å². The monoisotopic (exact) mass is 237 g/mol. The van der Waals surface area contributed by atoms with Gasteiger partial charge < -0.3 is 15.5 Å². The van der Waals surface area contributed by atoms with Crippen molar-refractivity contribution in [1.29, 1.82) is 0 Å². The van der Waals surface area contributed by atoms with Crippen LogP contribution in [0.3, 0.4) is 0 Å². The standard InChI is InChI=1S/C12H16FN3O/c13-11-4-2-1-3-10(11)9-14-5-7-16-8-6-15-12(16)17/h1-4,14H,5-9H2,(H,15,17). The topological polar surface area (TPSA) is 44.4 Å². The number of nitrogens with zero attached hydrogens (tertiary/aromatic N) is 1. The van der Waals surface area contributed by atoms with Crippen LogP contribution in [0, 0.1) is 5.82 Å². The maximum absolute atomic E-state index is 13.3. The number of amides is 2. The average molecular weight is 237 g/mol. The van der Waals surface area contributed by atoms with Crippen LogP contribution in [0.4, 0.5) is 9.18 Å². The largest absolute Gasteiger partial charge is 0.336 e. The lowest BCUT2D eigenvalue weighted by Crippen LogP contribution is -2.34. The zero-order valence-electron chi connectivity index (χ0n) is 9.58. The molecule has 1 aliphatic heterocycles. The molecule has 1 aromatic rings. The van der Waals surface area contributed by atoms with Gasteiger partial charge in [0.05, 0.1) is 0 Å². The maximum atomic E-state index is 13.3. The fraction of sp³-hybridized carbons (Fsp3) is 0.417. The van der Waals surface area contributed by atoms with Gasteiger partial charge in [-0.1, -0.05) is 18.2 Å². The molecule has 0 atom stereocenters. The molecule has 92 valence electrons. The predicted molar refractivity (Wildman–Crippen MR) is 63.1 cm³/mol. The van der Waals surface area contributed by atoms with Crippen molar-refractivity contribution in [3.8, 4) is 0 Å². The molecular formula is C12H16FN3O. The Labute approximate surface area is 99.8 Å². The van der Waals surface area contributed by atoms with E-state index in [1.54, 1.807) is 17.0 Å². The summed E-state index contributed by atoms with van der Waals surface area (Å²) in [6.07, 6.45) is 0. The summed E-state index contributed by atoms with van der Waals surface area (Å²) in [4.78, 5) is 13.0. The van der Waals surface area contributed by atoms with Gasteiger partial charge in [-0.05, 0) is 6.07 Å². The number of nitrogens with one attached hydrogen (secondary N) is 2. The van der Waals surface area contributed by atoms with E-state index in [4.69, 9.17) is 0 Å². The van der Waals surface area contributed by atoms with Crippen LogP contribution in [-0.4, -0.2) is 37.1 Å². The number of hydrogen-bond donors (Lipinski definition) is 2. The number of carbonyl (C=O) groups excluding carboxylic acids is 1. The van der Waals surface area contributed by atoms with Crippen LogP contribution in [0.25, 0.3) is 0 Å². The van der Waals surface area contributed by atoms with Crippen molar-refractivity contribution < 1.29 is 9.18 Å². The summed E-state index contributed by atoms with van der Waals surface area (Å²) in [6.45, 7) is 3.27. The van der Waals surface area contributed by atoms with Gasteiger partial charge in [0.1, 0.15) is 5.82 Å². The molecule has 0 spiro atoms. The van der Waals surface area contributed by atoms with Gasteiger partial charge in [0, 0.05) is 38.3 Å². The molecule has 0 aliphatic carbocycles. The molecule has 17 heavy (non-hydrogen) atoms. The molecule has 0 unspecified atom stereocenters. The van der Waals surface area contributed by atoms with Crippen LogP contribution in [0.2, 0.25) is 0 Å². The van der Waals surface area contributed by atoms with Crippen LogP contribution < -0.4 is 10.6 Å². The Balaban J connectivity index is 1.70. The normalized spacial score (nSPS) is 15.1. The molecule has 2 amide bonds. The molecule has 0 saturated carbocycles. The molecule has 2 N–H and O–H groups in total. The molecule has 0 bridgehead atoms. The number of urea groups is 1. The molecule has 1 fully saturated rings. The van der Waals surface area contributed by atoms with Crippen LogP contribution >= 0.6 is 0 Å². The predicted octanol–water partition coefficient (Wildman–Crippen LogP) is 0.941. The lowest BCUT2D eigenvalue weighted by atomic mass is 10.2. The van der Waals surface area contributed by atoms with Gasteiger partial charge in [-0.3, -0.25) is 0 Å². The summed E-state index contributed by atoms with van der Waals surface area (Å²) in [5.41, 5.74) is 0.651. The Kier molecular flexibility index (Phi) is 3.93. The van der Waals surface area contributed by atoms with Crippen molar-refractivity contribution in [2.45, 2.75) is 6.54 Å². The van der Waals surface area contributed by atoms with E-state index in [0.29, 0.717) is 31.7 Å². The van der Waals surface area contributed by atoms with Gasteiger partial charge in [-0.2, -0.15) is 0 Å². The average Bonchev–Trinajstić information content (AvgIpc) is 2.73. The van der Waals surface area contributed by atoms with Crippen molar-refractivity contribution in [3.05, 3.63) is 35.6 Å². The summed E-state index contributed by atoms with van der Waals surface area (Å²) in [5.74, 6) is -0.195. The van der Waals surface area contributed by atoms with E-state index in [0.717, 1.165) is 6.54 Å². The number of hydrogen-bond acceptors (Lipinski definition) is 2. The minimum atomic E-state index is -0.195. The first-order chi connectivity index (χ1) is 8.27. The highest BCUT2D eigenvalue weighted by atomic mass is 19.1. The second kappa shape index (κ2) is 5.63. The molecule has 1 heterocycles. The van der Waals surface area contributed by atoms with Gasteiger partial charge in [-0.15, -0.1) is 0 Å². The number of rotatable bonds is 5. The Hall–Kier alpha value is -1.62. The van der Waals surface area contributed by atoms with Crippen LogP contribution in [0.1, 0.15) is 5.56 Å². The van der Waals surface area contributed by atoms with Gasteiger partial charge in [-0.25, -0.2) is 9.18 Å². The zero-order chi connectivity index (χ0) is 12.1. The van der Waals surface area contributed by atoms with E-state index in [1.807, 2.05) is 6.07 Å². The summed E-state index contributed by atoms with van der Waals surface area (Å²) in [7, 11) is 0. The Morgan fingerprint density at radius 1 is 1.41 bits per heavy atom. The molecule has 1 aliphatic rings. The molecule has 0 radical (unpaired) electrons. The summed E-state index contributed by atoms with van der Waals surface area (Å²) >= 11 is 0. The minimum Gasteiger partial charge on any atom is -0.336 e. The van der Waals surface area contributed by atoms with Crippen LogP contribution in [-0.2, 0) is 6.54 Å². The third-order valence-electron chi connectivity index (χ3n) is 2.78. The Bertz CT molecular complexity index is 397. The fourth-order valence-corrected chi connectivity index (χ4v) is 1.80. The third-order valence-corrected chi connectivity index (χ3v) is 2.78. The zero-order valence-corrected chi connectivity index (χ0v) is 9.58. The molecule has 0 aromatic heterocycles. The second-order valence-electron chi connectivity index (χ2n) is 3.99. The van der Waals surface area contributed by atoms with Gasteiger partial charge in [0.15, 0.2) is 0 Å². The first-order valence-corrected chi connectivity index (χ1v) is 5.74. The smallest absolute Gasteiger partial charge is 0.317 e. The van der Waals surface area contributed by atoms with E-state index in [2.05, 4.69) is 10.6 Å². The molecule has 1 aromatic carbocycles. The fourth-order valence-electron chi connectivity index (χ4n) is 1.80. The third kappa shape index (κ3) is 3.17. The molecule has 5 heteroatoms. The molecule has 1 saturated heterocycles. The number of benzene rings is 1. The lowest BCUT2D eigenvalue weighted by Gasteiger charge is -2.14. The van der Waals surface area contributed by atoms with Gasteiger partial charge in [0.25, 0.3) is 0 Å². The number of halogens is 1. The van der Waals surface area contributed by atoms with E-state index in [9.17, 15) is 9.18 Å². The van der Waals surface area contributed by atoms with Crippen molar-refractivity contribution >= 4 is 6.03 Å². The Morgan fingerprint density at radius 2 is 2.24 bits per heavy atom. The molecule has 2 rings (SSSR count). The van der Waals surface area contributed by atoms with Gasteiger partial charge in [0.2, 0.25) is 0 Å². The van der Waals surface area contributed by atoms with Crippen LogP contribution in [0.5, 0.6) is 0 Å². The van der Waals surface area contributed by atoms with Crippen molar-refractivity contribution in [2.75, 3.05) is 26.2 Å². The van der Waals surface area contributed by atoms with E-state index in [1.165, 1.54) is 6.07 Å². The summed E-state index contributed by atoms with van der Waals surface area (Å²) in [6, 6.07) is 6.68. The SMILES string of the molecule is O=C1NCCN1CCNCc1ccccc1F. The molecular weight excluding hydrogens is 221 g/mol. The Morgan fingerprint density at radius 3 is 2.94 bits per heavy atom. The number of carbonyl (C=O) groups is 1. The van der Waals surface area contributed by atoms with Crippen molar-refractivity contribution in [3.63, 3.8) is 0 Å². The first-order valence-electron chi connectivity index (χ1n) is 5.74. The lowest BCUT2D eigenvalue weighted by molar-refractivity contribution is 0.217. The second-order valence-corrected chi connectivity index (χ2v) is 3.99. The highest BCUT2D eigenvalue weighted by Crippen LogP contribution is 2.05. The highest BCUT2D eigenvalue weighted by molar-refractivity contribution is 5.76. The summed E-state index contributed by atoms with van der Waals surface area (Å²) in [5, 5.41) is 5.86. The van der Waals surface area contributed by atoms with Crippen LogP contribution in [0.15, 0.2) is 24.3 Å².